The molecule has 1 N–H and O–H groups in total. The van der Waals surface area contributed by atoms with Crippen molar-refractivity contribution in [3.63, 3.8) is 0 Å². The third kappa shape index (κ3) is 3.44. The fourth-order valence-corrected chi connectivity index (χ4v) is 3.08. The summed E-state index contributed by atoms with van der Waals surface area (Å²) in [6.07, 6.45) is 1.13. The summed E-state index contributed by atoms with van der Waals surface area (Å²) in [6, 6.07) is 12.9. The molecule has 1 aromatic carbocycles. The van der Waals surface area contributed by atoms with E-state index in [2.05, 4.69) is 60.9 Å². The molecule has 1 heterocycles. The van der Waals surface area contributed by atoms with Crippen LogP contribution in [-0.4, -0.2) is 6.54 Å². The summed E-state index contributed by atoms with van der Waals surface area (Å²) < 4.78 is 0. The molecule has 0 fully saturated rings. The van der Waals surface area contributed by atoms with Crippen LogP contribution in [0, 0.1) is 0 Å². The van der Waals surface area contributed by atoms with Gasteiger partial charge < -0.3 is 5.32 Å². The molecule has 0 aliphatic carbocycles. The molecule has 0 bridgehead atoms. The zero-order chi connectivity index (χ0) is 12.8. The number of rotatable bonds is 6. The Labute approximate surface area is 114 Å². The highest BCUT2D eigenvalue weighted by atomic mass is 32.1. The van der Waals surface area contributed by atoms with E-state index in [1.807, 2.05) is 11.3 Å². The van der Waals surface area contributed by atoms with E-state index in [4.69, 9.17) is 0 Å². The summed E-state index contributed by atoms with van der Waals surface area (Å²) in [6.45, 7) is 6.53. The van der Waals surface area contributed by atoms with E-state index in [1.165, 1.54) is 16.0 Å². The number of nitrogens with one attached hydrogen (secondary N) is 1. The maximum atomic E-state index is 3.57. The van der Waals surface area contributed by atoms with Crippen molar-refractivity contribution in [2.24, 2.45) is 0 Å². The van der Waals surface area contributed by atoms with Gasteiger partial charge in [-0.3, -0.25) is 0 Å². The fourth-order valence-electron chi connectivity index (χ4n) is 2.14. The lowest BCUT2D eigenvalue weighted by molar-refractivity contribution is 0.617. The summed E-state index contributed by atoms with van der Waals surface area (Å²) in [7, 11) is 0. The zero-order valence-corrected chi connectivity index (χ0v) is 12.0. The first-order valence-corrected chi connectivity index (χ1v) is 7.50. The third-order valence-electron chi connectivity index (χ3n) is 3.32. The fraction of sp³-hybridized carbons (Fsp3) is 0.375. The van der Waals surface area contributed by atoms with Crippen molar-refractivity contribution < 1.29 is 0 Å². The predicted octanol–water partition coefficient (Wildman–Crippen LogP) is 4.20. The summed E-state index contributed by atoms with van der Waals surface area (Å²) in [5.74, 6) is 0.566. The quantitative estimate of drug-likeness (QED) is 0.819. The molecule has 1 aromatic heterocycles. The van der Waals surface area contributed by atoms with Gasteiger partial charge in [-0.15, -0.1) is 11.3 Å². The maximum Gasteiger partial charge on any atom is 0.0302 e. The van der Waals surface area contributed by atoms with Crippen LogP contribution in [0.25, 0.3) is 0 Å². The van der Waals surface area contributed by atoms with E-state index in [0.717, 1.165) is 19.5 Å². The van der Waals surface area contributed by atoms with Gasteiger partial charge in [0, 0.05) is 18.0 Å². The summed E-state index contributed by atoms with van der Waals surface area (Å²) in [5, 5.41) is 5.76. The molecule has 0 spiro atoms. The van der Waals surface area contributed by atoms with Gasteiger partial charge in [0.2, 0.25) is 0 Å². The number of aryl methyl sites for hydroxylation is 1. The van der Waals surface area contributed by atoms with Crippen LogP contribution in [0.3, 0.4) is 0 Å². The molecule has 2 aromatic rings. The molecule has 1 nitrogen and oxygen atoms in total. The second-order valence-corrected chi connectivity index (χ2v) is 5.67. The predicted molar refractivity (Wildman–Crippen MR) is 80.3 cm³/mol. The van der Waals surface area contributed by atoms with Crippen molar-refractivity contribution in [1.29, 1.82) is 0 Å². The van der Waals surface area contributed by atoms with Crippen molar-refractivity contribution >= 4 is 11.3 Å². The second-order valence-electron chi connectivity index (χ2n) is 4.67. The van der Waals surface area contributed by atoms with E-state index < -0.39 is 0 Å². The first-order chi connectivity index (χ1) is 8.81. The highest BCUT2D eigenvalue weighted by molar-refractivity contribution is 7.10. The SMILES string of the molecule is CCc1ccsc1CNCC(C)c1ccccc1. The molecule has 2 rings (SSSR count). The Morgan fingerprint density at radius 2 is 1.94 bits per heavy atom. The van der Waals surface area contributed by atoms with Crippen molar-refractivity contribution in [3.8, 4) is 0 Å². The highest BCUT2D eigenvalue weighted by Crippen LogP contribution is 2.18. The molecule has 18 heavy (non-hydrogen) atoms. The van der Waals surface area contributed by atoms with Gasteiger partial charge in [0.15, 0.2) is 0 Å². The minimum atomic E-state index is 0.566. The third-order valence-corrected chi connectivity index (χ3v) is 4.29. The molecule has 0 aliphatic heterocycles. The highest BCUT2D eigenvalue weighted by Gasteiger charge is 2.06. The molecule has 0 saturated carbocycles. The number of hydrogen-bond acceptors (Lipinski definition) is 2. The molecule has 0 aliphatic rings. The minimum absolute atomic E-state index is 0.566. The van der Waals surface area contributed by atoms with Crippen LogP contribution in [0.4, 0.5) is 0 Å². The topological polar surface area (TPSA) is 12.0 Å². The average Bonchev–Trinajstić information content (AvgIpc) is 2.87. The first-order valence-electron chi connectivity index (χ1n) is 6.62. The standard InChI is InChI=1S/C16H21NS/c1-3-14-9-10-18-16(14)12-17-11-13(2)15-7-5-4-6-8-15/h4-10,13,17H,3,11-12H2,1-2H3. The van der Waals surface area contributed by atoms with Gasteiger partial charge in [0.05, 0.1) is 0 Å². The first kappa shape index (κ1) is 13.3. The minimum Gasteiger partial charge on any atom is -0.311 e. The molecule has 1 unspecified atom stereocenters. The molecular formula is C16H21NS. The summed E-state index contributed by atoms with van der Waals surface area (Å²) in [5.41, 5.74) is 2.90. The van der Waals surface area contributed by atoms with Crippen LogP contribution in [-0.2, 0) is 13.0 Å². The lowest BCUT2D eigenvalue weighted by Crippen LogP contribution is -2.19. The van der Waals surface area contributed by atoms with Crippen LogP contribution in [0.5, 0.6) is 0 Å². The molecule has 0 amide bonds. The van der Waals surface area contributed by atoms with Crippen molar-refractivity contribution in [2.75, 3.05) is 6.54 Å². The van der Waals surface area contributed by atoms with Gasteiger partial charge in [0.1, 0.15) is 0 Å². The van der Waals surface area contributed by atoms with Crippen molar-refractivity contribution in [3.05, 3.63) is 57.8 Å². The smallest absolute Gasteiger partial charge is 0.0302 e. The Bertz CT molecular complexity index is 461. The Balaban J connectivity index is 1.82. The Morgan fingerprint density at radius 1 is 1.17 bits per heavy atom. The van der Waals surface area contributed by atoms with Gasteiger partial charge in [-0.2, -0.15) is 0 Å². The molecule has 1 atom stereocenters. The summed E-state index contributed by atoms with van der Waals surface area (Å²) >= 11 is 1.86. The maximum absolute atomic E-state index is 3.57. The van der Waals surface area contributed by atoms with E-state index in [0.29, 0.717) is 5.92 Å². The zero-order valence-electron chi connectivity index (χ0n) is 11.1. The van der Waals surface area contributed by atoms with E-state index in [9.17, 15) is 0 Å². The normalized spacial score (nSPS) is 12.6. The largest absolute Gasteiger partial charge is 0.311 e. The van der Waals surface area contributed by atoms with Crippen LogP contribution < -0.4 is 5.32 Å². The Morgan fingerprint density at radius 3 is 2.67 bits per heavy atom. The monoisotopic (exact) mass is 259 g/mol. The molecular weight excluding hydrogens is 238 g/mol. The van der Waals surface area contributed by atoms with Crippen molar-refractivity contribution in [1.82, 2.24) is 5.32 Å². The molecule has 0 radical (unpaired) electrons. The van der Waals surface area contributed by atoms with Crippen LogP contribution in [0.15, 0.2) is 41.8 Å². The van der Waals surface area contributed by atoms with Gasteiger partial charge in [0.25, 0.3) is 0 Å². The lowest BCUT2D eigenvalue weighted by atomic mass is 10.0. The van der Waals surface area contributed by atoms with Gasteiger partial charge in [-0.25, -0.2) is 0 Å². The average molecular weight is 259 g/mol. The number of benzene rings is 1. The molecule has 0 saturated heterocycles. The van der Waals surface area contributed by atoms with E-state index in [1.54, 1.807) is 0 Å². The molecule has 2 heteroatoms. The van der Waals surface area contributed by atoms with Crippen LogP contribution >= 0.6 is 11.3 Å². The van der Waals surface area contributed by atoms with Gasteiger partial charge in [-0.1, -0.05) is 44.2 Å². The summed E-state index contributed by atoms with van der Waals surface area (Å²) in [4.78, 5) is 1.48. The Kier molecular flexibility index (Phi) is 4.97. The number of thiophene rings is 1. The van der Waals surface area contributed by atoms with Crippen LogP contribution in [0.1, 0.15) is 35.8 Å². The van der Waals surface area contributed by atoms with Crippen LogP contribution in [0.2, 0.25) is 0 Å². The lowest BCUT2D eigenvalue weighted by Gasteiger charge is -2.13. The van der Waals surface area contributed by atoms with E-state index in [-0.39, 0.29) is 0 Å². The Hall–Kier alpha value is -1.12. The van der Waals surface area contributed by atoms with Gasteiger partial charge >= 0.3 is 0 Å². The van der Waals surface area contributed by atoms with E-state index >= 15 is 0 Å². The number of hydrogen-bond donors (Lipinski definition) is 1. The second kappa shape index (κ2) is 6.72. The molecule has 96 valence electrons. The van der Waals surface area contributed by atoms with Crippen molar-refractivity contribution in [2.45, 2.75) is 32.7 Å². The van der Waals surface area contributed by atoms with Gasteiger partial charge in [-0.05, 0) is 34.9 Å².